The zero-order chi connectivity index (χ0) is 53.8. The minimum absolute atomic E-state index is 0.0647. The Labute approximate surface area is 434 Å². The number of aliphatic hydroxyl groups is 4. The van der Waals surface area contributed by atoms with E-state index in [4.69, 9.17) is 33.2 Å². The van der Waals surface area contributed by atoms with Gasteiger partial charge in [-0.05, 0) is 120 Å². The first kappa shape index (κ1) is 62.3. The van der Waals surface area contributed by atoms with Crippen LogP contribution in [-0.2, 0) is 57.1 Å². The molecule has 2 saturated heterocycles. The fourth-order valence-corrected chi connectivity index (χ4v) is 11.1. The summed E-state index contributed by atoms with van der Waals surface area (Å²) in [7, 11) is 3.01. The van der Waals surface area contributed by atoms with Gasteiger partial charge in [0.05, 0.1) is 64.1 Å². The monoisotopic (exact) mass is 1030 g/mol. The molecule has 17 nitrogen and oxygen atoms in total. The molecule has 416 valence electrons. The number of methoxy groups -OCH3 is 2. The van der Waals surface area contributed by atoms with Crippen LogP contribution in [0.3, 0.4) is 0 Å². The summed E-state index contributed by atoms with van der Waals surface area (Å²) in [5.74, 6) is -7.96. The van der Waals surface area contributed by atoms with E-state index in [0.29, 0.717) is 56.9 Å². The van der Waals surface area contributed by atoms with E-state index < -0.39 is 77.8 Å². The van der Waals surface area contributed by atoms with Gasteiger partial charge in [0.25, 0.3) is 11.7 Å². The minimum atomic E-state index is -2.48. The standard InChI is InChI=1S/C56H91NO16/c1-35-15-11-10-12-16-36(2)47(71-28-27-69-25-23-58)33-43-20-18-41(7)56(66,73-43)53(63)54(64)57-22-14-13-17-44(57)55(65)72-48(38(4)31-42-19-21-46(70-26-24-59)49(32-42)67-8)34-45(60)37(3)30-40(6)51(62)52(68-9)50(61)39(5)29-35/h10,12,16,30,35,37-39,41-44,46-49,51-52,58-59,62,66H,11,13-15,17-29,31-34H2,1-9H3/b12-10+,36-16+,40-30+/t35-,37-,38-,39-,41-,42+,43+,44+,46-,47?,48+,49-,51-,52+,56-/m1/s1. The third kappa shape index (κ3) is 18.2. The van der Waals surface area contributed by atoms with Gasteiger partial charge in [-0.2, -0.15) is 0 Å². The molecule has 0 aromatic rings. The fourth-order valence-electron chi connectivity index (χ4n) is 11.1. The number of carbonyl (C=O) groups is 5. The number of hydrogen-bond donors (Lipinski definition) is 4. The number of carbonyl (C=O) groups excluding carboxylic acids is 5. The highest BCUT2D eigenvalue weighted by Crippen LogP contribution is 2.38. The van der Waals surface area contributed by atoms with Gasteiger partial charge >= 0.3 is 5.97 Å². The van der Waals surface area contributed by atoms with E-state index in [1.165, 1.54) is 12.0 Å². The fraction of sp³-hybridized carbons (Fsp3) is 0.804. The normalized spacial score (nSPS) is 37.1. The minimum Gasteiger partial charge on any atom is -0.460 e. The van der Waals surface area contributed by atoms with Gasteiger partial charge in [-0.1, -0.05) is 58.9 Å². The van der Waals surface area contributed by atoms with Crippen LogP contribution < -0.4 is 0 Å². The number of amides is 1. The molecule has 1 aliphatic carbocycles. The van der Waals surface area contributed by atoms with Crippen molar-refractivity contribution in [2.75, 3.05) is 60.4 Å². The van der Waals surface area contributed by atoms with Crippen LogP contribution in [0.5, 0.6) is 0 Å². The number of rotatable bonds is 14. The molecular formula is C56H91NO16. The van der Waals surface area contributed by atoms with Crippen molar-refractivity contribution in [3.63, 3.8) is 0 Å². The molecule has 3 heterocycles. The molecule has 4 rings (SSSR count). The van der Waals surface area contributed by atoms with E-state index in [2.05, 4.69) is 6.92 Å². The third-order valence-corrected chi connectivity index (χ3v) is 15.7. The molecule has 4 aliphatic rings. The van der Waals surface area contributed by atoms with Gasteiger partial charge in [-0.3, -0.25) is 19.2 Å². The van der Waals surface area contributed by atoms with Crippen LogP contribution in [-0.4, -0.2) is 170 Å². The van der Waals surface area contributed by atoms with Gasteiger partial charge in [0, 0.05) is 51.4 Å². The van der Waals surface area contributed by atoms with Crippen LogP contribution in [0.15, 0.2) is 35.5 Å². The number of allylic oxidation sites excluding steroid dienone is 4. The van der Waals surface area contributed by atoms with Crippen molar-refractivity contribution >= 4 is 29.2 Å². The SMILES string of the molecule is CO[C@@H]1C[C@H](C[C@@H](C)[C@@H]2CC(=O)[C@H](C)/C=C(\C)[C@@H](O)[C@@H](OC)C(=O)[C@H](C)C[C@H](C)CC/C=C/C=C(\C)C(OCCOCCO)C[C@@H]3CC[C@@H](C)[C@@](O)(O3)C(=O)C(=O)N3CCCC[C@H]3C(=O)O2)CC[C@H]1OCCO. The van der Waals surface area contributed by atoms with Crippen LogP contribution in [0, 0.1) is 35.5 Å². The lowest BCUT2D eigenvalue weighted by atomic mass is 9.78. The van der Waals surface area contributed by atoms with Crippen molar-refractivity contribution in [3.05, 3.63) is 35.5 Å². The average Bonchev–Trinajstić information content (AvgIpc) is 3.37. The van der Waals surface area contributed by atoms with E-state index in [1.807, 2.05) is 39.0 Å². The molecule has 0 aromatic heterocycles. The lowest BCUT2D eigenvalue weighted by Crippen LogP contribution is -2.61. The molecule has 0 spiro atoms. The number of cyclic esters (lactones) is 1. The molecule has 0 aromatic carbocycles. The predicted octanol–water partition coefficient (Wildman–Crippen LogP) is 5.80. The zero-order valence-corrected chi connectivity index (χ0v) is 45.4. The molecule has 0 radical (unpaired) electrons. The Morgan fingerprint density at radius 3 is 2.26 bits per heavy atom. The van der Waals surface area contributed by atoms with Crippen LogP contribution in [0.2, 0.25) is 0 Å². The number of ketones is 3. The molecule has 2 bridgehead atoms. The number of esters is 1. The van der Waals surface area contributed by atoms with E-state index in [1.54, 1.807) is 34.0 Å². The summed E-state index contributed by atoms with van der Waals surface area (Å²) in [5, 5.41) is 42.2. The van der Waals surface area contributed by atoms with Crippen LogP contribution in [0.4, 0.5) is 0 Å². The van der Waals surface area contributed by atoms with Crippen molar-refractivity contribution in [2.24, 2.45) is 35.5 Å². The Kier molecular flexibility index (Phi) is 26.5. The average molecular weight is 1030 g/mol. The van der Waals surface area contributed by atoms with Gasteiger partial charge in [-0.15, -0.1) is 0 Å². The molecular weight excluding hydrogens is 943 g/mol. The summed E-state index contributed by atoms with van der Waals surface area (Å²) < 4.78 is 41.6. The highest BCUT2D eigenvalue weighted by Gasteiger charge is 2.53. The predicted molar refractivity (Wildman–Crippen MR) is 273 cm³/mol. The van der Waals surface area contributed by atoms with Crippen LogP contribution in [0.1, 0.15) is 138 Å². The van der Waals surface area contributed by atoms with Crippen LogP contribution >= 0.6 is 0 Å². The van der Waals surface area contributed by atoms with Gasteiger partial charge in [-0.25, -0.2) is 4.79 Å². The smallest absolute Gasteiger partial charge is 0.329 e. The summed E-state index contributed by atoms with van der Waals surface area (Å²) in [6, 6.07) is -1.17. The Hall–Kier alpha value is -3.23. The molecule has 1 saturated carbocycles. The Morgan fingerprint density at radius 2 is 1.56 bits per heavy atom. The molecule has 15 atom stereocenters. The molecule has 1 amide bonds. The number of aliphatic hydroxyl groups excluding tert-OH is 3. The first-order valence-corrected chi connectivity index (χ1v) is 27.1. The first-order chi connectivity index (χ1) is 34.8. The maximum absolute atomic E-state index is 14.6. The summed E-state index contributed by atoms with van der Waals surface area (Å²) in [5.41, 5.74) is 1.24. The molecule has 1 unspecified atom stereocenters. The van der Waals surface area contributed by atoms with Gasteiger partial charge in [0.2, 0.25) is 5.79 Å². The van der Waals surface area contributed by atoms with Gasteiger partial charge in [0.1, 0.15) is 30.1 Å². The quantitative estimate of drug-likeness (QED) is 0.0697. The third-order valence-electron chi connectivity index (χ3n) is 15.7. The number of hydrogen-bond acceptors (Lipinski definition) is 16. The highest BCUT2D eigenvalue weighted by molar-refractivity contribution is 6.39. The molecule has 3 aliphatic heterocycles. The summed E-state index contributed by atoms with van der Waals surface area (Å²) in [6.07, 6.45) is 9.50. The lowest BCUT2D eigenvalue weighted by Gasteiger charge is -2.43. The molecule has 17 heteroatoms. The Morgan fingerprint density at radius 1 is 0.822 bits per heavy atom. The second-order valence-electron chi connectivity index (χ2n) is 21.5. The van der Waals surface area contributed by atoms with Crippen LogP contribution in [0.25, 0.3) is 0 Å². The largest absolute Gasteiger partial charge is 0.460 e. The molecule has 73 heavy (non-hydrogen) atoms. The van der Waals surface area contributed by atoms with Crippen molar-refractivity contribution in [1.29, 1.82) is 0 Å². The van der Waals surface area contributed by atoms with E-state index in [9.17, 15) is 44.4 Å². The topological polar surface area (TPSA) is 234 Å². The maximum atomic E-state index is 14.6. The number of piperidine rings is 1. The zero-order valence-electron chi connectivity index (χ0n) is 45.4. The summed E-state index contributed by atoms with van der Waals surface area (Å²) in [6.45, 7) is 13.4. The summed E-state index contributed by atoms with van der Waals surface area (Å²) >= 11 is 0. The number of fused-ring (bicyclic) bond motifs is 3. The molecule has 4 N–H and O–H groups in total. The first-order valence-electron chi connectivity index (χ1n) is 27.1. The van der Waals surface area contributed by atoms with Crippen molar-refractivity contribution in [3.8, 4) is 0 Å². The van der Waals surface area contributed by atoms with Crippen molar-refractivity contribution in [1.82, 2.24) is 4.90 Å². The lowest BCUT2D eigenvalue weighted by molar-refractivity contribution is -0.266. The highest BCUT2D eigenvalue weighted by atomic mass is 16.6. The number of Topliss-reactive ketones (excluding diaryl/α,β-unsaturated/α-hetero) is 3. The second kappa shape index (κ2) is 31.1. The van der Waals surface area contributed by atoms with E-state index >= 15 is 0 Å². The van der Waals surface area contributed by atoms with Crippen molar-refractivity contribution in [2.45, 2.75) is 193 Å². The number of nitrogens with zero attached hydrogens (tertiary/aromatic N) is 1. The molecule has 3 fully saturated rings. The van der Waals surface area contributed by atoms with E-state index in [0.717, 1.165) is 24.8 Å². The Bertz CT molecular complexity index is 1850. The van der Waals surface area contributed by atoms with Crippen molar-refractivity contribution < 1.29 is 77.6 Å². The summed E-state index contributed by atoms with van der Waals surface area (Å²) in [4.78, 5) is 72.7. The van der Waals surface area contributed by atoms with E-state index in [-0.39, 0.29) is 107 Å². The maximum Gasteiger partial charge on any atom is 0.329 e. The second-order valence-corrected chi connectivity index (χ2v) is 21.5. The van der Waals surface area contributed by atoms with Gasteiger partial charge < -0.3 is 58.5 Å². The number of ether oxygens (including phenoxy) is 7. The van der Waals surface area contributed by atoms with Gasteiger partial charge in [0.15, 0.2) is 5.78 Å². The Balaban J connectivity index is 1.70.